The summed E-state index contributed by atoms with van der Waals surface area (Å²) in [5, 5.41) is 13.0. The molecule has 1 heterocycles. The van der Waals surface area contributed by atoms with Crippen molar-refractivity contribution in [3.63, 3.8) is 0 Å². The number of hydrogen-bond donors (Lipinski definition) is 1. The number of ether oxygens (including phenoxy) is 1. The van der Waals surface area contributed by atoms with E-state index in [9.17, 15) is 4.39 Å². The molecule has 0 atom stereocenters. The molecule has 5 nitrogen and oxygen atoms in total. The third-order valence-corrected chi connectivity index (χ3v) is 3.81. The predicted octanol–water partition coefficient (Wildman–Crippen LogP) is 5.32. The Balaban J connectivity index is 0.00000190. The molecule has 1 aromatic carbocycles. The number of nitrogens with zero attached hydrogens (tertiary/aromatic N) is 3. The summed E-state index contributed by atoms with van der Waals surface area (Å²) < 4.78 is 20.7. The Bertz CT molecular complexity index is 904. The smallest absolute Gasteiger partial charge is 0.152 e. The second-order valence-electron chi connectivity index (χ2n) is 5.65. The van der Waals surface area contributed by atoms with Crippen LogP contribution in [0, 0.1) is 31.0 Å². The molecule has 0 radical (unpaired) electrons. The molecule has 0 fully saturated rings. The summed E-state index contributed by atoms with van der Waals surface area (Å²) in [5.74, 6) is 0.640. The molecule has 0 aliphatic carbocycles. The lowest BCUT2D eigenvalue weighted by Crippen LogP contribution is -2.02. The zero-order valence-corrected chi connectivity index (χ0v) is 16.9. The first-order chi connectivity index (χ1) is 13.5. The van der Waals surface area contributed by atoms with Gasteiger partial charge in [0.2, 0.25) is 0 Å². The quantitative estimate of drug-likeness (QED) is 0.657. The first kappa shape index (κ1) is 22.7. The van der Waals surface area contributed by atoms with E-state index in [1.807, 2.05) is 20.8 Å². The van der Waals surface area contributed by atoms with Crippen molar-refractivity contribution in [1.82, 2.24) is 9.78 Å². The highest BCUT2D eigenvalue weighted by Gasteiger charge is 2.15. The van der Waals surface area contributed by atoms with E-state index in [4.69, 9.17) is 15.7 Å². The second-order valence-corrected chi connectivity index (χ2v) is 5.65. The van der Waals surface area contributed by atoms with Crippen LogP contribution in [0.2, 0.25) is 0 Å². The molecule has 0 aliphatic heterocycles. The number of aromatic nitrogens is 2. The van der Waals surface area contributed by atoms with Crippen molar-refractivity contribution in [3.8, 4) is 11.8 Å². The molecule has 0 unspecified atom stereocenters. The maximum Gasteiger partial charge on any atom is 0.152 e. The summed E-state index contributed by atoms with van der Waals surface area (Å²) >= 11 is 0. The minimum absolute atomic E-state index is 0.216. The Hall–Kier alpha value is -3.33. The second kappa shape index (κ2) is 11.4. The van der Waals surface area contributed by atoms with Crippen LogP contribution in [-0.2, 0) is 6.61 Å². The monoisotopic (exact) mass is 382 g/mol. The van der Waals surface area contributed by atoms with E-state index >= 15 is 0 Å². The molecular weight excluding hydrogens is 355 g/mol. The van der Waals surface area contributed by atoms with Gasteiger partial charge in [0, 0.05) is 5.69 Å². The van der Waals surface area contributed by atoms with Crippen molar-refractivity contribution in [1.29, 1.82) is 5.26 Å². The first-order valence-corrected chi connectivity index (χ1v) is 9.07. The number of aryl methyl sites for hydroxylation is 1. The molecule has 0 aliphatic rings. The average Bonchev–Trinajstić information content (AvgIpc) is 2.96. The standard InChI is InChI=1S/C20H21FN4O.C2H6/c1-4-7-17(8-5-6-11-22)25-15(3)18(20(23)24-25)13-26-19-10-9-16(21)12-14(19)2;1-2/h4-5,7-10,12H,1,6,13H2,2-3H3,(H2,23,24);1-2H3/b8-5-,17-7+;. The molecule has 0 bridgehead atoms. The van der Waals surface area contributed by atoms with Crippen molar-refractivity contribution in [2.75, 3.05) is 5.73 Å². The molecule has 6 heteroatoms. The number of halogens is 1. The lowest BCUT2D eigenvalue weighted by atomic mass is 10.2. The van der Waals surface area contributed by atoms with E-state index in [0.29, 0.717) is 23.6 Å². The van der Waals surface area contributed by atoms with Crippen LogP contribution in [0.1, 0.15) is 37.1 Å². The fourth-order valence-electron chi connectivity index (χ4n) is 2.46. The predicted molar refractivity (Wildman–Crippen MR) is 112 cm³/mol. The minimum Gasteiger partial charge on any atom is -0.488 e. The van der Waals surface area contributed by atoms with Gasteiger partial charge in [0.15, 0.2) is 5.82 Å². The number of allylic oxidation sites excluding steroid dienone is 5. The van der Waals surface area contributed by atoms with Crippen molar-refractivity contribution >= 4 is 11.5 Å². The largest absolute Gasteiger partial charge is 0.488 e. The van der Waals surface area contributed by atoms with Gasteiger partial charge in [-0.1, -0.05) is 32.6 Å². The van der Waals surface area contributed by atoms with Gasteiger partial charge in [-0.25, -0.2) is 9.07 Å². The normalized spacial score (nSPS) is 10.9. The third-order valence-electron chi connectivity index (χ3n) is 3.81. The van der Waals surface area contributed by atoms with Crippen LogP contribution in [-0.4, -0.2) is 9.78 Å². The molecule has 2 aromatic rings. The van der Waals surface area contributed by atoms with E-state index in [1.54, 1.807) is 42.0 Å². The summed E-state index contributed by atoms with van der Waals surface area (Å²) in [4.78, 5) is 0. The Morgan fingerprint density at radius 3 is 2.71 bits per heavy atom. The van der Waals surface area contributed by atoms with Crippen molar-refractivity contribution in [2.24, 2.45) is 0 Å². The molecule has 1 aromatic heterocycles. The minimum atomic E-state index is -0.304. The van der Waals surface area contributed by atoms with Gasteiger partial charge in [-0.3, -0.25) is 0 Å². The van der Waals surface area contributed by atoms with Crippen molar-refractivity contribution in [2.45, 2.75) is 40.7 Å². The number of anilines is 1. The summed E-state index contributed by atoms with van der Waals surface area (Å²) in [6.45, 7) is 11.6. The highest BCUT2D eigenvalue weighted by Crippen LogP contribution is 2.24. The number of nitriles is 1. The molecule has 28 heavy (non-hydrogen) atoms. The van der Waals surface area contributed by atoms with Crippen molar-refractivity contribution in [3.05, 3.63) is 71.7 Å². The van der Waals surface area contributed by atoms with Gasteiger partial charge >= 0.3 is 0 Å². The number of nitrogen functional groups attached to an aromatic ring is 1. The average molecular weight is 382 g/mol. The Morgan fingerprint density at radius 1 is 1.39 bits per heavy atom. The number of benzene rings is 1. The van der Waals surface area contributed by atoms with E-state index in [2.05, 4.69) is 17.7 Å². The van der Waals surface area contributed by atoms with Gasteiger partial charge in [0.1, 0.15) is 18.2 Å². The maximum atomic E-state index is 13.2. The van der Waals surface area contributed by atoms with Crippen LogP contribution in [0.5, 0.6) is 5.75 Å². The topological polar surface area (TPSA) is 76.9 Å². The Labute approximate surface area is 166 Å². The van der Waals surface area contributed by atoms with Gasteiger partial charge in [0.05, 0.1) is 23.8 Å². The van der Waals surface area contributed by atoms with Crippen LogP contribution >= 0.6 is 0 Å². The van der Waals surface area contributed by atoms with E-state index in [0.717, 1.165) is 17.0 Å². The Kier molecular flexibility index (Phi) is 9.24. The molecular formula is C22H27FN4O. The van der Waals surface area contributed by atoms with E-state index in [1.165, 1.54) is 12.1 Å². The van der Waals surface area contributed by atoms with Crippen LogP contribution < -0.4 is 10.5 Å². The summed E-state index contributed by atoms with van der Waals surface area (Å²) in [5.41, 5.74) is 9.07. The van der Waals surface area contributed by atoms with Crippen LogP contribution in [0.15, 0.2) is 49.1 Å². The third kappa shape index (κ3) is 5.85. The zero-order chi connectivity index (χ0) is 21.1. The molecule has 0 saturated heterocycles. The van der Waals surface area contributed by atoms with Crippen LogP contribution in [0.25, 0.3) is 5.70 Å². The lowest BCUT2D eigenvalue weighted by Gasteiger charge is -2.10. The highest BCUT2D eigenvalue weighted by atomic mass is 19.1. The molecule has 2 N–H and O–H groups in total. The van der Waals surface area contributed by atoms with Crippen LogP contribution in [0.4, 0.5) is 10.2 Å². The number of rotatable bonds is 7. The van der Waals surface area contributed by atoms with Gasteiger partial charge in [-0.2, -0.15) is 10.4 Å². The van der Waals surface area contributed by atoms with E-state index in [-0.39, 0.29) is 12.4 Å². The molecule has 148 valence electrons. The van der Waals surface area contributed by atoms with Gasteiger partial charge < -0.3 is 10.5 Å². The Morgan fingerprint density at radius 2 is 2.11 bits per heavy atom. The van der Waals surface area contributed by atoms with Crippen LogP contribution in [0.3, 0.4) is 0 Å². The first-order valence-electron chi connectivity index (χ1n) is 9.07. The molecule has 0 spiro atoms. The SMILES string of the molecule is C=C/C=C(\C=C/CC#N)n1nc(N)c(COc2ccc(F)cc2C)c1C.CC. The highest BCUT2D eigenvalue weighted by molar-refractivity contribution is 5.61. The number of nitrogens with two attached hydrogens (primary N) is 1. The molecule has 2 rings (SSSR count). The van der Waals surface area contributed by atoms with Gasteiger partial charge in [0.25, 0.3) is 0 Å². The number of hydrogen-bond acceptors (Lipinski definition) is 4. The van der Waals surface area contributed by atoms with Gasteiger partial charge in [-0.15, -0.1) is 0 Å². The van der Waals surface area contributed by atoms with Crippen molar-refractivity contribution < 1.29 is 9.13 Å². The maximum absolute atomic E-state index is 13.2. The summed E-state index contributed by atoms with van der Waals surface area (Å²) in [7, 11) is 0. The molecule has 0 amide bonds. The van der Waals surface area contributed by atoms with Gasteiger partial charge in [-0.05, 0) is 49.8 Å². The summed E-state index contributed by atoms with van der Waals surface area (Å²) in [6.07, 6.45) is 7.25. The molecule has 0 saturated carbocycles. The fraction of sp³-hybridized carbons (Fsp3) is 0.273. The summed E-state index contributed by atoms with van der Waals surface area (Å²) in [6, 6.07) is 6.42. The van der Waals surface area contributed by atoms with E-state index < -0.39 is 0 Å². The zero-order valence-electron chi connectivity index (χ0n) is 16.9. The fourth-order valence-corrected chi connectivity index (χ4v) is 2.46. The lowest BCUT2D eigenvalue weighted by molar-refractivity contribution is 0.303.